The number of hydrogen-bond acceptors (Lipinski definition) is 7. The fourth-order valence-corrected chi connectivity index (χ4v) is 5.77. The van der Waals surface area contributed by atoms with Crippen LogP contribution in [-0.4, -0.2) is 30.0 Å². The van der Waals surface area contributed by atoms with Crippen molar-refractivity contribution in [3.05, 3.63) is 78.4 Å². The predicted octanol–water partition coefficient (Wildman–Crippen LogP) is 4.78. The van der Waals surface area contributed by atoms with Crippen LogP contribution in [0.1, 0.15) is 10.4 Å². The van der Waals surface area contributed by atoms with Gasteiger partial charge in [0.15, 0.2) is 10.1 Å². The maximum Gasteiger partial charge on any atom is 0.261 e. The summed E-state index contributed by atoms with van der Waals surface area (Å²) in [6.07, 6.45) is 0. The van der Waals surface area contributed by atoms with E-state index in [0.29, 0.717) is 11.3 Å². The maximum absolute atomic E-state index is 12.5. The van der Waals surface area contributed by atoms with Crippen molar-refractivity contribution in [3.8, 4) is 5.75 Å². The summed E-state index contributed by atoms with van der Waals surface area (Å²) in [6.45, 7) is 0. The Kier molecular flexibility index (Phi) is 5.76. The van der Waals surface area contributed by atoms with Gasteiger partial charge >= 0.3 is 0 Å². The third-order valence-corrected chi connectivity index (χ3v) is 7.75. The molecular formula is C21H16N2O4S3. The molecule has 0 aliphatic carbocycles. The molecule has 0 saturated carbocycles. The highest BCUT2D eigenvalue weighted by Gasteiger charge is 2.15. The molecular weight excluding hydrogens is 440 g/mol. The van der Waals surface area contributed by atoms with E-state index in [1.54, 1.807) is 48.5 Å². The molecule has 2 N–H and O–H groups in total. The first-order valence-electron chi connectivity index (χ1n) is 8.84. The van der Waals surface area contributed by atoms with E-state index in [9.17, 15) is 18.3 Å². The number of nitrogens with zero attached hydrogens (tertiary/aromatic N) is 1. The maximum atomic E-state index is 12.5. The number of phenols is 1. The molecule has 0 bridgehead atoms. The zero-order valence-electron chi connectivity index (χ0n) is 15.5. The van der Waals surface area contributed by atoms with Crippen LogP contribution in [0.25, 0.3) is 10.2 Å². The van der Waals surface area contributed by atoms with Crippen LogP contribution in [0, 0.1) is 0 Å². The lowest BCUT2D eigenvalue weighted by molar-refractivity contribution is 0.102. The molecule has 0 aliphatic rings. The smallest absolute Gasteiger partial charge is 0.261 e. The van der Waals surface area contributed by atoms with Gasteiger partial charge in [-0.15, -0.1) is 11.3 Å². The van der Waals surface area contributed by atoms with Gasteiger partial charge in [-0.1, -0.05) is 30.0 Å². The second kappa shape index (κ2) is 8.47. The first-order valence-corrected chi connectivity index (χ1v) is 12.1. The van der Waals surface area contributed by atoms with Crippen molar-refractivity contribution in [1.29, 1.82) is 0 Å². The quantitative estimate of drug-likeness (QED) is 0.307. The number of carbonyl (C=O) groups excluding carboxylic acids is 1. The summed E-state index contributed by atoms with van der Waals surface area (Å²) in [4.78, 5) is 17.0. The number of phenolic OH excluding ortho intramolecular Hbond substituents is 1. The number of aromatic hydroxyl groups is 1. The summed E-state index contributed by atoms with van der Waals surface area (Å²) < 4.78 is 29.1. The SMILES string of the molecule is O=C(CSc1nc2ccc(NS(=O)(=O)c3ccccc3)cc2s1)c1ccc(O)cc1. The third kappa shape index (κ3) is 4.64. The standard InChI is InChI=1S/C21H16N2O4S3/c24-16-9-6-14(7-10-16)19(25)13-28-21-22-18-11-8-15(12-20(18)29-21)23-30(26,27)17-4-2-1-3-5-17/h1-12,23-24H,13H2. The molecule has 0 atom stereocenters. The summed E-state index contributed by atoms with van der Waals surface area (Å²) in [7, 11) is -3.66. The van der Waals surface area contributed by atoms with Gasteiger partial charge in [0.25, 0.3) is 10.0 Å². The third-order valence-electron chi connectivity index (χ3n) is 4.19. The fraction of sp³-hybridized carbons (Fsp3) is 0.0476. The van der Waals surface area contributed by atoms with Gasteiger partial charge in [-0.2, -0.15) is 0 Å². The Morgan fingerprint density at radius 2 is 1.77 bits per heavy atom. The minimum Gasteiger partial charge on any atom is -0.508 e. The van der Waals surface area contributed by atoms with Gasteiger partial charge in [0.1, 0.15) is 5.75 Å². The van der Waals surface area contributed by atoms with E-state index >= 15 is 0 Å². The van der Waals surface area contributed by atoms with Crippen LogP contribution in [-0.2, 0) is 10.0 Å². The van der Waals surface area contributed by atoms with E-state index in [0.717, 1.165) is 14.6 Å². The molecule has 0 spiro atoms. The van der Waals surface area contributed by atoms with E-state index in [4.69, 9.17) is 0 Å². The van der Waals surface area contributed by atoms with Gasteiger partial charge in [0.05, 0.1) is 26.6 Å². The van der Waals surface area contributed by atoms with Crippen LogP contribution >= 0.6 is 23.1 Å². The van der Waals surface area contributed by atoms with E-state index in [-0.39, 0.29) is 22.2 Å². The highest BCUT2D eigenvalue weighted by atomic mass is 32.2. The Balaban J connectivity index is 1.47. The summed E-state index contributed by atoms with van der Waals surface area (Å²) in [5, 5.41) is 9.32. The first kappa shape index (κ1) is 20.4. The molecule has 6 nitrogen and oxygen atoms in total. The van der Waals surface area contributed by atoms with Gasteiger partial charge in [-0.05, 0) is 54.6 Å². The number of anilines is 1. The first-order chi connectivity index (χ1) is 14.4. The number of benzene rings is 3. The van der Waals surface area contributed by atoms with E-state index in [2.05, 4.69) is 9.71 Å². The van der Waals surface area contributed by atoms with Crippen LogP contribution in [0.15, 0.2) is 82.0 Å². The van der Waals surface area contributed by atoms with E-state index in [1.165, 1.54) is 47.4 Å². The number of rotatable bonds is 7. The molecule has 0 radical (unpaired) electrons. The number of aromatic nitrogens is 1. The Labute approximate surface area is 181 Å². The molecule has 1 aromatic heterocycles. The van der Waals surface area contributed by atoms with Crippen molar-refractivity contribution in [2.75, 3.05) is 10.5 Å². The average molecular weight is 457 g/mol. The monoisotopic (exact) mass is 456 g/mol. The van der Waals surface area contributed by atoms with Crippen molar-refractivity contribution < 1.29 is 18.3 Å². The fourth-order valence-electron chi connectivity index (χ4n) is 2.70. The lowest BCUT2D eigenvalue weighted by atomic mass is 10.1. The lowest BCUT2D eigenvalue weighted by Crippen LogP contribution is -2.12. The van der Waals surface area contributed by atoms with Crippen LogP contribution in [0.4, 0.5) is 5.69 Å². The van der Waals surface area contributed by atoms with Crippen molar-refractivity contribution in [2.24, 2.45) is 0 Å². The number of hydrogen-bond donors (Lipinski definition) is 2. The summed E-state index contributed by atoms with van der Waals surface area (Å²) in [6, 6.07) is 19.5. The van der Waals surface area contributed by atoms with Crippen LogP contribution in [0.2, 0.25) is 0 Å². The molecule has 30 heavy (non-hydrogen) atoms. The predicted molar refractivity (Wildman–Crippen MR) is 120 cm³/mol. The number of fused-ring (bicyclic) bond motifs is 1. The van der Waals surface area contributed by atoms with Crippen LogP contribution < -0.4 is 4.72 Å². The number of thiazole rings is 1. The van der Waals surface area contributed by atoms with Crippen LogP contribution in [0.5, 0.6) is 5.75 Å². The molecule has 152 valence electrons. The molecule has 0 saturated heterocycles. The minimum atomic E-state index is -3.66. The Hall–Kier alpha value is -2.88. The topological polar surface area (TPSA) is 96.4 Å². The number of Topliss-reactive ketones (excluding diaryl/α,β-unsaturated/α-hetero) is 1. The summed E-state index contributed by atoms with van der Waals surface area (Å²) in [5.41, 5.74) is 1.72. The molecule has 0 amide bonds. The zero-order valence-corrected chi connectivity index (χ0v) is 17.9. The molecule has 0 aliphatic heterocycles. The number of ketones is 1. The number of thioether (sulfide) groups is 1. The molecule has 3 aromatic carbocycles. The summed E-state index contributed by atoms with van der Waals surface area (Å²) >= 11 is 2.72. The Bertz CT molecular complexity index is 1300. The Morgan fingerprint density at radius 1 is 1.03 bits per heavy atom. The molecule has 0 fully saturated rings. The normalized spacial score (nSPS) is 11.5. The second-order valence-electron chi connectivity index (χ2n) is 6.34. The van der Waals surface area contributed by atoms with Crippen molar-refractivity contribution in [2.45, 2.75) is 9.24 Å². The summed E-state index contributed by atoms with van der Waals surface area (Å²) in [5.74, 6) is 0.276. The van der Waals surface area contributed by atoms with Crippen molar-refractivity contribution in [3.63, 3.8) is 0 Å². The molecule has 9 heteroatoms. The van der Waals surface area contributed by atoms with Crippen LogP contribution in [0.3, 0.4) is 0 Å². The highest BCUT2D eigenvalue weighted by Crippen LogP contribution is 2.32. The zero-order chi connectivity index (χ0) is 21.1. The number of carbonyl (C=O) groups is 1. The Morgan fingerprint density at radius 3 is 2.50 bits per heavy atom. The largest absolute Gasteiger partial charge is 0.508 e. The molecule has 4 aromatic rings. The van der Waals surface area contributed by atoms with Crippen molar-refractivity contribution >= 4 is 54.8 Å². The van der Waals surface area contributed by atoms with Gasteiger partial charge in [-0.3, -0.25) is 9.52 Å². The molecule has 0 unspecified atom stereocenters. The number of nitrogens with one attached hydrogen (secondary N) is 1. The lowest BCUT2D eigenvalue weighted by Gasteiger charge is -2.07. The van der Waals surface area contributed by atoms with Gasteiger partial charge in [0.2, 0.25) is 0 Å². The van der Waals surface area contributed by atoms with Crippen molar-refractivity contribution in [1.82, 2.24) is 4.98 Å². The van der Waals surface area contributed by atoms with E-state index < -0.39 is 10.0 Å². The molecule has 4 rings (SSSR count). The second-order valence-corrected chi connectivity index (χ2v) is 10.3. The molecule has 1 heterocycles. The minimum absolute atomic E-state index is 0.0597. The van der Waals surface area contributed by atoms with Gasteiger partial charge < -0.3 is 5.11 Å². The highest BCUT2D eigenvalue weighted by molar-refractivity contribution is 8.01. The average Bonchev–Trinajstić information content (AvgIpc) is 3.15. The van der Waals surface area contributed by atoms with E-state index in [1.807, 2.05) is 0 Å². The van der Waals surface area contributed by atoms with Gasteiger partial charge in [0, 0.05) is 5.56 Å². The number of sulfonamides is 1. The van der Waals surface area contributed by atoms with Gasteiger partial charge in [-0.25, -0.2) is 13.4 Å².